The van der Waals surface area contributed by atoms with Crippen LogP contribution >= 0.6 is 6.98 Å². The number of hydrogen-bond donors (Lipinski definition) is 0. The Hall–Kier alpha value is -3.21. The quantitative estimate of drug-likeness (QED) is 0.266. The number of methoxy groups -OCH3 is 2. The van der Waals surface area contributed by atoms with Gasteiger partial charge in [0, 0.05) is 0 Å². The number of ether oxygens (including phenoxy) is 2. The Balaban J connectivity index is 2.09. The van der Waals surface area contributed by atoms with Gasteiger partial charge in [-0.05, 0) is 0 Å². The molecule has 0 saturated carbocycles. The summed E-state index contributed by atoms with van der Waals surface area (Å²) < 4.78 is 21.5. The Morgan fingerprint density at radius 3 is 1.77 bits per heavy atom. The van der Waals surface area contributed by atoms with Crippen molar-refractivity contribution in [2.75, 3.05) is 14.2 Å². The average Bonchev–Trinajstić information content (AvgIpc) is 2.83. The van der Waals surface area contributed by atoms with E-state index in [-0.39, 0.29) is 0 Å². The standard InChI is InChI=1S/C24H24NO5P/c1-28-23(26)22-21(18-12-6-3-7-13-18)30-31(22,25-24(27)29-2,19-14-8-4-9-15-19)20-16-10-5-11-17-20/h3-17,21-22H,1-2H3,(H,25,27)/p-1. The van der Waals surface area contributed by atoms with Crippen molar-refractivity contribution in [3.05, 3.63) is 96.6 Å². The van der Waals surface area contributed by atoms with Crippen LogP contribution < -0.4 is 15.7 Å². The van der Waals surface area contributed by atoms with Crippen molar-refractivity contribution in [1.29, 1.82) is 0 Å². The van der Waals surface area contributed by atoms with Crippen LogP contribution in [0.3, 0.4) is 0 Å². The maximum absolute atomic E-state index is 13.3. The van der Waals surface area contributed by atoms with Gasteiger partial charge in [-0.25, -0.2) is 0 Å². The van der Waals surface area contributed by atoms with Crippen molar-refractivity contribution in [1.82, 2.24) is 0 Å². The molecule has 3 aromatic carbocycles. The van der Waals surface area contributed by atoms with Gasteiger partial charge < -0.3 is 0 Å². The Kier molecular flexibility index (Phi) is 5.52. The zero-order valence-electron chi connectivity index (χ0n) is 17.3. The predicted molar refractivity (Wildman–Crippen MR) is 120 cm³/mol. The molecule has 0 aromatic heterocycles. The van der Waals surface area contributed by atoms with Crippen LogP contribution in [0.25, 0.3) is 0 Å². The third-order valence-electron chi connectivity index (χ3n) is 5.67. The number of nitrogens with zero attached hydrogens (tertiary/aromatic N) is 1. The fourth-order valence-corrected chi connectivity index (χ4v) is 9.66. The van der Waals surface area contributed by atoms with Crippen LogP contribution in [-0.4, -0.2) is 31.9 Å². The molecule has 0 amide bonds. The fraction of sp³-hybridized carbons (Fsp3) is 0.167. The summed E-state index contributed by atoms with van der Waals surface area (Å²) >= 11 is 0. The second-order valence-electron chi connectivity index (χ2n) is 7.20. The predicted octanol–water partition coefficient (Wildman–Crippen LogP) is 2.70. The van der Waals surface area contributed by atoms with Crippen molar-refractivity contribution in [3.63, 3.8) is 0 Å². The molecule has 31 heavy (non-hydrogen) atoms. The van der Waals surface area contributed by atoms with E-state index in [1.54, 1.807) is 0 Å². The Morgan fingerprint density at radius 2 is 1.32 bits per heavy atom. The van der Waals surface area contributed by atoms with Gasteiger partial charge in [0.1, 0.15) is 0 Å². The topological polar surface area (TPSA) is 80.2 Å². The van der Waals surface area contributed by atoms with E-state index in [4.69, 9.17) is 14.0 Å². The number of carbonyl (C=O) groups excluding carboxylic acids is 1. The van der Waals surface area contributed by atoms with Crippen molar-refractivity contribution < 1.29 is 23.9 Å². The van der Waals surface area contributed by atoms with E-state index < -0.39 is 30.8 Å². The molecule has 2 unspecified atom stereocenters. The molecule has 3 aromatic rings. The van der Waals surface area contributed by atoms with Gasteiger partial charge in [0.2, 0.25) is 0 Å². The SMILES string of the molecule is COC(=O)C1C(c2ccccc2)OP1(N=C([O-])OC)(c1ccccc1)c1ccccc1. The van der Waals surface area contributed by atoms with Gasteiger partial charge in [0.15, 0.2) is 0 Å². The minimum absolute atomic E-state index is 0.488. The molecule has 1 aliphatic heterocycles. The third-order valence-corrected chi connectivity index (χ3v) is 11.0. The number of rotatable bonds is 5. The Labute approximate surface area is 181 Å². The zero-order chi connectivity index (χ0) is 21.9. The molecular formula is C24H23NO5P-. The van der Waals surface area contributed by atoms with Crippen molar-refractivity contribution in [3.8, 4) is 0 Å². The number of carbonyl (C=O) groups is 1. The Bertz CT molecular complexity index is 1050. The van der Waals surface area contributed by atoms with Crippen LogP contribution in [0.15, 0.2) is 95.8 Å². The number of hydrogen-bond acceptors (Lipinski definition) is 6. The van der Waals surface area contributed by atoms with Gasteiger partial charge in [-0.3, -0.25) is 0 Å². The molecule has 160 valence electrons. The van der Waals surface area contributed by atoms with Gasteiger partial charge in [0.25, 0.3) is 0 Å². The molecule has 2 atom stereocenters. The summed E-state index contributed by atoms with van der Waals surface area (Å²) in [4.78, 5) is 13.3. The summed E-state index contributed by atoms with van der Waals surface area (Å²) in [5.41, 5.74) is -0.0348. The van der Waals surface area contributed by atoms with Crippen molar-refractivity contribution in [2.24, 2.45) is 4.76 Å². The summed E-state index contributed by atoms with van der Waals surface area (Å²) in [6.07, 6.45) is -1.43. The van der Waals surface area contributed by atoms with Crippen LogP contribution in [0, 0.1) is 0 Å². The zero-order valence-corrected chi connectivity index (χ0v) is 18.1. The third kappa shape index (κ3) is 3.11. The van der Waals surface area contributed by atoms with E-state index in [0.29, 0.717) is 10.6 Å². The molecule has 6 nitrogen and oxygen atoms in total. The molecule has 0 bridgehead atoms. The van der Waals surface area contributed by atoms with Crippen molar-refractivity contribution in [2.45, 2.75) is 11.8 Å². The first-order valence-corrected chi connectivity index (χ1v) is 12.0. The first kappa shape index (κ1) is 21.0. The van der Waals surface area contributed by atoms with Gasteiger partial charge in [-0.2, -0.15) is 0 Å². The second kappa shape index (κ2) is 8.14. The van der Waals surface area contributed by atoms with Gasteiger partial charge in [-0.15, -0.1) is 0 Å². The van der Waals surface area contributed by atoms with Crippen LogP contribution in [0.1, 0.15) is 11.7 Å². The molecule has 1 aliphatic rings. The van der Waals surface area contributed by atoms with Gasteiger partial charge in [0.05, 0.1) is 0 Å². The van der Waals surface area contributed by atoms with E-state index in [0.717, 1.165) is 5.56 Å². The summed E-state index contributed by atoms with van der Waals surface area (Å²) in [5, 5.41) is 14.0. The molecule has 0 N–H and O–H groups in total. The molecule has 1 heterocycles. The van der Waals surface area contributed by atoms with E-state index in [1.807, 2.05) is 91.0 Å². The molecule has 7 heteroatoms. The van der Waals surface area contributed by atoms with Gasteiger partial charge >= 0.3 is 181 Å². The summed E-state index contributed by atoms with van der Waals surface area (Å²) in [6, 6.07) is 27.9. The van der Waals surface area contributed by atoms with E-state index in [9.17, 15) is 9.90 Å². The fourth-order valence-electron chi connectivity index (χ4n) is 4.30. The normalized spacial score (nSPS) is 22.9. The van der Waals surface area contributed by atoms with Crippen LogP contribution in [-0.2, 0) is 18.8 Å². The molecule has 0 spiro atoms. The number of benzene rings is 3. The summed E-state index contributed by atoms with van der Waals surface area (Å²) in [7, 11) is 2.60. The van der Waals surface area contributed by atoms with Crippen LogP contribution in [0.4, 0.5) is 0 Å². The summed E-state index contributed by atoms with van der Waals surface area (Å²) in [5.74, 6) is -0.488. The monoisotopic (exact) mass is 436 g/mol. The molecule has 1 fully saturated rings. The molecule has 0 radical (unpaired) electrons. The second-order valence-corrected chi connectivity index (χ2v) is 11.3. The van der Waals surface area contributed by atoms with E-state index in [2.05, 4.69) is 4.76 Å². The maximum atomic E-state index is 13.3. The molecule has 4 rings (SSSR count). The Morgan fingerprint density at radius 1 is 0.839 bits per heavy atom. The first-order valence-electron chi connectivity index (χ1n) is 9.82. The minimum atomic E-state index is -4.23. The average molecular weight is 436 g/mol. The van der Waals surface area contributed by atoms with E-state index in [1.165, 1.54) is 14.2 Å². The van der Waals surface area contributed by atoms with Gasteiger partial charge in [-0.1, -0.05) is 0 Å². The van der Waals surface area contributed by atoms with Crippen LogP contribution in [0.2, 0.25) is 0 Å². The molecular weight excluding hydrogens is 413 g/mol. The molecule has 0 aliphatic carbocycles. The van der Waals surface area contributed by atoms with Crippen molar-refractivity contribution >= 4 is 29.6 Å². The first-order chi connectivity index (χ1) is 15.1. The summed E-state index contributed by atoms with van der Waals surface area (Å²) in [6.45, 7) is -4.23. The van der Waals surface area contributed by atoms with E-state index >= 15 is 0 Å². The molecule has 1 saturated heterocycles. The van der Waals surface area contributed by atoms with Crippen LogP contribution in [0.5, 0.6) is 0 Å². The number of esters is 1.